The minimum atomic E-state index is -3.65. The molecule has 1 aromatic heterocycles. The Morgan fingerprint density at radius 2 is 1.76 bits per heavy atom. The van der Waals surface area contributed by atoms with Crippen LogP contribution in [-0.2, 0) is 16.4 Å². The van der Waals surface area contributed by atoms with E-state index in [2.05, 4.69) is 15.5 Å². The Morgan fingerprint density at radius 1 is 0.960 bits per heavy atom. The van der Waals surface area contributed by atoms with Gasteiger partial charge in [-0.25, -0.2) is 8.42 Å². The zero-order valence-electron chi connectivity index (χ0n) is 13.6. The van der Waals surface area contributed by atoms with Gasteiger partial charge in [-0.3, -0.25) is 0 Å². The van der Waals surface area contributed by atoms with Crippen LogP contribution < -0.4 is 10.1 Å². The summed E-state index contributed by atoms with van der Waals surface area (Å²) in [5, 5.41) is 10.8. The van der Waals surface area contributed by atoms with Crippen molar-refractivity contribution in [2.24, 2.45) is 0 Å². The molecule has 3 aromatic rings. The summed E-state index contributed by atoms with van der Waals surface area (Å²) < 4.78 is 30.1. The number of nitrogens with one attached hydrogen (secondary N) is 1. The van der Waals surface area contributed by atoms with Crippen LogP contribution in [0.1, 0.15) is 5.56 Å². The molecule has 0 atom stereocenters. The average molecular weight is 355 g/mol. The lowest BCUT2D eigenvalue weighted by atomic mass is 10.2. The number of benzene rings is 2. The molecular formula is C18H17N3O3S. The van der Waals surface area contributed by atoms with Gasteiger partial charge in [0.2, 0.25) is 9.84 Å². The minimum Gasteiger partial charge on any atom is -0.497 e. The molecule has 0 bridgehead atoms. The molecule has 1 N–H and O–H groups in total. The summed E-state index contributed by atoms with van der Waals surface area (Å²) in [6.45, 7) is 0.524. The van der Waals surface area contributed by atoms with Crippen molar-refractivity contribution in [3.05, 3.63) is 72.3 Å². The van der Waals surface area contributed by atoms with Gasteiger partial charge in [0.1, 0.15) is 11.6 Å². The summed E-state index contributed by atoms with van der Waals surface area (Å²) in [7, 11) is -2.03. The van der Waals surface area contributed by atoms with Crippen molar-refractivity contribution >= 4 is 15.7 Å². The largest absolute Gasteiger partial charge is 0.497 e. The maximum Gasteiger partial charge on any atom is 0.225 e. The number of sulfone groups is 1. The first-order chi connectivity index (χ1) is 12.1. The number of methoxy groups -OCH3 is 1. The van der Waals surface area contributed by atoms with Gasteiger partial charge in [-0.15, -0.1) is 10.2 Å². The van der Waals surface area contributed by atoms with Gasteiger partial charge >= 0.3 is 0 Å². The first kappa shape index (κ1) is 16.9. The van der Waals surface area contributed by atoms with E-state index in [1.54, 1.807) is 31.4 Å². The highest BCUT2D eigenvalue weighted by Gasteiger charge is 2.19. The quantitative estimate of drug-likeness (QED) is 0.732. The van der Waals surface area contributed by atoms with Crippen LogP contribution in [-0.4, -0.2) is 25.7 Å². The molecule has 128 valence electrons. The number of ether oxygens (including phenoxy) is 1. The number of hydrogen-bond donors (Lipinski definition) is 1. The van der Waals surface area contributed by atoms with Crippen molar-refractivity contribution in [3.8, 4) is 5.75 Å². The minimum absolute atomic E-state index is 0.0781. The van der Waals surface area contributed by atoms with E-state index in [9.17, 15) is 8.42 Å². The van der Waals surface area contributed by atoms with E-state index in [1.165, 1.54) is 18.2 Å². The second-order valence-corrected chi connectivity index (χ2v) is 7.17. The summed E-state index contributed by atoms with van der Waals surface area (Å²) in [6.07, 6.45) is 0. The molecule has 0 aliphatic carbocycles. The van der Waals surface area contributed by atoms with Gasteiger partial charge in [0.25, 0.3) is 0 Å². The third kappa shape index (κ3) is 3.95. The Bertz CT molecular complexity index is 943. The predicted molar refractivity (Wildman–Crippen MR) is 94.2 cm³/mol. The summed E-state index contributed by atoms with van der Waals surface area (Å²) in [4.78, 5) is 0.196. The summed E-state index contributed by atoms with van der Waals surface area (Å²) in [6, 6.07) is 18.9. The lowest BCUT2D eigenvalue weighted by Gasteiger charge is -2.08. The summed E-state index contributed by atoms with van der Waals surface area (Å²) >= 11 is 0. The van der Waals surface area contributed by atoms with Gasteiger partial charge in [-0.05, 0) is 42.0 Å². The van der Waals surface area contributed by atoms with Gasteiger partial charge in [-0.2, -0.15) is 0 Å². The Labute approximate surface area is 146 Å². The zero-order valence-corrected chi connectivity index (χ0v) is 14.4. The topological polar surface area (TPSA) is 81.2 Å². The van der Waals surface area contributed by atoms with Gasteiger partial charge in [0.05, 0.1) is 12.0 Å². The third-order valence-electron chi connectivity index (χ3n) is 3.58. The first-order valence-corrected chi connectivity index (χ1v) is 9.08. The van der Waals surface area contributed by atoms with E-state index in [1.807, 2.05) is 24.3 Å². The second kappa shape index (κ2) is 7.31. The van der Waals surface area contributed by atoms with Crippen LogP contribution in [0.25, 0.3) is 0 Å². The monoisotopic (exact) mass is 355 g/mol. The highest BCUT2D eigenvalue weighted by molar-refractivity contribution is 7.91. The van der Waals surface area contributed by atoms with Crippen LogP contribution >= 0.6 is 0 Å². The molecule has 1 heterocycles. The normalized spacial score (nSPS) is 11.1. The number of hydrogen-bond acceptors (Lipinski definition) is 6. The van der Waals surface area contributed by atoms with E-state index in [0.29, 0.717) is 12.4 Å². The van der Waals surface area contributed by atoms with E-state index < -0.39 is 9.84 Å². The van der Waals surface area contributed by atoms with Crippen molar-refractivity contribution in [3.63, 3.8) is 0 Å². The van der Waals surface area contributed by atoms with Crippen molar-refractivity contribution < 1.29 is 13.2 Å². The van der Waals surface area contributed by atoms with Crippen molar-refractivity contribution in [2.45, 2.75) is 16.5 Å². The highest BCUT2D eigenvalue weighted by atomic mass is 32.2. The number of nitrogens with zero attached hydrogens (tertiary/aromatic N) is 2. The van der Waals surface area contributed by atoms with E-state index in [0.717, 1.165) is 11.3 Å². The molecule has 0 aliphatic rings. The molecule has 0 saturated heterocycles. The molecule has 7 heteroatoms. The van der Waals surface area contributed by atoms with Crippen LogP contribution in [0.2, 0.25) is 0 Å². The van der Waals surface area contributed by atoms with Gasteiger partial charge in [0.15, 0.2) is 5.03 Å². The van der Waals surface area contributed by atoms with Crippen LogP contribution in [0.4, 0.5) is 5.82 Å². The van der Waals surface area contributed by atoms with Crippen molar-refractivity contribution in [1.82, 2.24) is 10.2 Å². The van der Waals surface area contributed by atoms with Crippen LogP contribution in [0, 0.1) is 0 Å². The molecule has 0 aliphatic heterocycles. The lowest BCUT2D eigenvalue weighted by Crippen LogP contribution is -2.08. The van der Waals surface area contributed by atoms with Gasteiger partial charge in [0, 0.05) is 6.54 Å². The number of rotatable bonds is 6. The smallest absolute Gasteiger partial charge is 0.225 e. The lowest BCUT2D eigenvalue weighted by molar-refractivity contribution is 0.414. The maximum atomic E-state index is 12.5. The molecular weight excluding hydrogens is 338 g/mol. The first-order valence-electron chi connectivity index (χ1n) is 7.60. The molecule has 6 nitrogen and oxygen atoms in total. The van der Waals surface area contributed by atoms with Crippen molar-refractivity contribution in [2.75, 3.05) is 12.4 Å². The molecule has 0 spiro atoms. The summed E-state index contributed by atoms with van der Waals surface area (Å²) in [5.41, 5.74) is 1.02. The molecule has 0 unspecified atom stereocenters. The standard InChI is InChI=1S/C18H17N3O3S/c1-24-15-7-5-6-14(12-15)13-19-17-10-11-18(21-20-17)25(22,23)16-8-3-2-4-9-16/h2-12H,13H2,1H3,(H,19,20). The molecule has 3 rings (SSSR count). The summed E-state index contributed by atoms with van der Waals surface area (Å²) in [5.74, 6) is 1.27. The van der Waals surface area contributed by atoms with Crippen molar-refractivity contribution in [1.29, 1.82) is 0 Å². The maximum absolute atomic E-state index is 12.5. The fraction of sp³-hybridized carbons (Fsp3) is 0.111. The molecule has 25 heavy (non-hydrogen) atoms. The fourth-order valence-corrected chi connectivity index (χ4v) is 3.41. The second-order valence-electron chi connectivity index (χ2n) is 5.28. The fourth-order valence-electron chi connectivity index (χ4n) is 2.25. The predicted octanol–water partition coefficient (Wildman–Crippen LogP) is 2.93. The third-order valence-corrected chi connectivity index (χ3v) is 5.24. The Kier molecular flexibility index (Phi) is 4.95. The number of aromatic nitrogens is 2. The molecule has 0 amide bonds. The molecule has 0 saturated carbocycles. The van der Waals surface area contributed by atoms with Crippen LogP contribution in [0.15, 0.2) is 76.7 Å². The Balaban J connectivity index is 1.72. The number of anilines is 1. The Morgan fingerprint density at radius 3 is 2.44 bits per heavy atom. The highest BCUT2D eigenvalue weighted by Crippen LogP contribution is 2.19. The zero-order chi connectivity index (χ0) is 17.7. The average Bonchev–Trinajstić information content (AvgIpc) is 2.67. The van der Waals surface area contributed by atoms with Gasteiger partial charge in [-0.1, -0.05) is 30.3 Å². The van der Waals surface area contributed by atoms with E-state index >= 15 is 0 Å². The molecule has 0 fully saturated rings. The Hall–Kier alpha value is -2.93. The van der Waals surface area contributed by atoms with Gasteiger partial charge < -0.3 is 10.1 Å². The molecule has 0 radical (unpaired) electrons. The van der Waals surface area contributed by atoms with E-state index in [-0.39, 0.29) is 9.92 Å². The SMILES string of the molecule is COc1cccc(CNc2ccc(S(=O)(=O)c3ccccc3)nn2)c1. The van der Waals surface area contributed by atoms with E-state index in [4.69, 9.17) is 4.74 Å². The van der Waals surface area contributed by atoms with Crippen LogP contribution in [0.3, 0.4) is 0 Å². The van der Waals surface area contributed by atoms with Crippen LogP contribution in [0.5, 0.6) is 5.75 Å². The molecule has 2 aromatic carbocycles.